The number of carbonyl (C=O) groups is 1. The van der Waals surface area contributed by atoms with Crippen LogP contribution >= 0.6 is 11.6 Å². The zero-order chi connectivity index (χ0) is 22.9. The van der Waals surface area contributed by atoms with Crippen LogP contribution in [0.4, 0.5) is 5.69 Å². The van der Waals surface area contributed by atoms with Crippen molar-refractivity contribution >= 4 is 34.3 Å². The van der Waals surface area contributed by atoms with E-state index >= 15 is 0 Å². The number of fused-ring (bicyclic) bond motifs is 1. The Balaban J connectivity index is 1.44. The first-order valence-corrected chi connectivity index (χ1v) is 10.8. The molecular weight excluding hydrogens is 424 g/mol. The summed E-state index contributed by atoms with van der Waals surface area (Å²) in [7, 11) is 0. The normalized spacial score (nSPS) is 11.5. The SMILES string of the molecule is Cc1ccc2oc(-c3cc(NC(=O)COc4ccc(C(C)(C)C)cc4)ccc3Cl)nc2c1. The molecule has 3 aromatic carbocycles. The lowest BCUT2D eigenvalue weighted by Crippen LogP contribution is -2.20. The van der Waals surface area contributed by atoms with Gasteiger partial charge in [-0.3, -0.25) is 4.79 Å². The summed E-state index contributed by atoms with van der Waals surface area (Å²) in [6.07, 6.45) is 0. The largest absolute Gasteiger partial charge is 0.484 e. The molecule has 1 heterocycles. The predicted octanol–water partition coefficient (Wildman–Crippen LogP) is 6.77. The van der Waals surface area contributed by atoms with E-state index < -0.39 is 0 Å². The van der Waals surface area contributed by atoms with Gasteiger partial charge in [0.25, 0.3) is 5.91 Å². The maximum atomic E-state index is 12.4. The zero-order valence-corrected chi connectivity index (χ0v) is 19.3. The number of carbonyl (C=O) groups excluding carboxylic acids is 1. The first-order valence-electron chi connectivity index (χ1n) is 10.4. The molecule has 4 aromatic rings. The number of hydrogen-bond acceptors (Lipinski definition) is 4. The van der Waals surface area contributed by atoms with Crippen LogP contribution in [0.1, 0.15) is 31.9 Å². The fraction of sp³-hybridized carbons (Fsp3) is 0.231. The van der Waals surface area contributed by atoms with Gasteiger partial charge in [-0.1, -0.05) is 50.6 Å². The molecule has 0 aliphatic carbocycles. The number of nitrogens with one attached hydrogen (secondary N) is 1. The van der Waals surface area contributed by atoms with Crippen molar-refractivity contribution in [3.63, 3.8) is 0 Å². The van der Waals surface area contributed by atoms with Crippen LogP contribution in [0.25, 0.3) is 22.6 Å². The topological polar surface area (TPSA) is 64.4 Å². The number of aromatic nitrogens is 1. The van der Waals surface area contributed by atoms with E-state index in [0.29, 0.717) is 33.5 Å². The van der Waals surface area contributed by atoms with Crippen molar-refractivity contribution in [3.05, 3.63) is 76.8 Å². The number of amides is 1. The molecule has 164 valence electrons. The monoisotopic (exact) mass is 448 g/mol. The summed E-state index contributed by atoms with van der Waals surface area (Å²) < 4.78 is 11.5. The number of oxazole rings is 1. The molecule has 0 aliphatic rings. The third kappa shape index (κ3) is 4.94. The molecule has 0 unspecified atom stereocenters. The molecule has 0 aliphatic heterocycles. The highest BCUT2D eigenvalue weighted by molar-refractivity contribution is 6.33. The van der Waals surface area contributed by atoms with E-state index in [-0.39, 0.29) is 17.9 Å². The van der Waals surface area contributed by atoms with E-state index in [1.807, 2.05) is 49.4 Å². The van der Waals surface area contributed by atoms with Gasteiger partial charge in [-0.05, 0) is 65.9 Å². The fourth-order valence-corrected chi connectivity index (χ4v) is 3.52. The minimum Gasteiger partial charge on any atom is -0.484 e. The van der Waals surface area contributed by atoms with Crippen molar-refractivity contribution in [2.45, 2.75) is 33.1 Å². The van der Waals surface area contributed by atoms with Gasteiger partial charge in [-0.25, -0.2) is 4.98 Å². The molecule has 0 saturated heterocycles. The van der Waals surface area contributed by atoms with Gasteiger partial charge in [-0.15, -0.1) is 0 Å². The predicted molar refractivity (Wildman–Crippen MR) is 128 cm³/mol. The van der Waals surface area contributed by atoms with E-state index in [1.54, 1.807) is 18.2 Å². The van der Waals surface area contributed by atoms with Gasteiger partial charge in [0.2, 0.25) is 5.89 Å². The van der Waals surface area contributed by atoms with E-state index in [1.165, 1.54) is 5.56 Å². The summed E-state index contributed by atoms with van der Waals surface area (Å²) >= 11 is 6.37. The Hall–Kier alpha value is -3.31. The highest BCUT2D eigenvalue weighted by atomic mass is 35.5. The average Bonchev–Trinajstić information content (AvgIpc) is 3.16. The molecule has 6 heteroatoms. The van der Waals surface area contributed by atoms with Crippen molar-refractivity contribution in [3.8, 4) is 17.2 Å². The zero-order valence-electron chi connectivity index (χ0n) is 18.5. The first kappa shape index (κ1) is 21.9. The van der Waals surface area contributed by atoms with Crippen LogP contribution in [-0.2, 0) is 10.2 Å². The minimum absolute atomic E-state index is 0.0652. The summed E-state index contributed by atoms with van der Waals surface area (Å²) in [4.78, 5) is 17.0. The molecule has 32 heavy (non-hydrogen) atoms. The molecule has 0 radical (unpaired) electrons. The second-order valence-electron chi connectivity index (χ2n) is 8.80. The van der Waals surface area contributed by atoms with Gasteiger partial charge in [0, 0.05) is 5.69 Å². The highest BCUT2D eigenvalue weighted by Gasteiger charge is 2.15. The number of ether oxygens (including phenoxy) is 1. The molecule has 0 atom stereocenters. The molecule has 0 saturated carbocycles. The van der Waals surface area contributed by atoms with Crippen molar-refractivity contribution in [2.75, 3.05) is 11.9 Å². The molecule has 5 nitrogen and oxygen atoms in total. The fourth-order valence-electron chi connectivity index (χ4n) is 3.32. The summed E-state index contributed by atoms with van der Waals surface area (Å²) in [6.45, 7) is 8.35. The van der Waals surface area contributed by atoms with Crippen LogP contribution in [0.2, 0.25) is 5.02 Å². The van der Waals surface area contributed by atoms with Crippen molar-refractivity contribution in [1.82, 2.24) is 4.98 Å². The van der Waals surface area contributed by atoms with Crippen LogP contribution in [0.5, 0.6) is 5.75 Å². The molecule has 1 aromatic heterocycles. The van der Waals surface area contributed by atoms with Crippen molar-refractivity contribution in [2.24, 2.45) is 0 Å². The Labute approximate surface area is 192 Å². The first-order chi connectivity index (χ1) is 15.2. The molecular formula is C26H25ClN2O3. The Morgan fingerprint density at radius 1 is 1.06 bits per heavy atom. The Morgan fingerprint density at radius 2 is 1.81 bits per heavy atom. The highest BCUT2D eigenvalue weighted by Crippen LogP contribution is 2.32. The van der Waals surface area contributed by atoms with Crippen LogP contribution in [-0.4, -0.2) is 17.5 Å². The van der Waals surface area contributed by atoms with E-state index in [0.717, 1.165) is 11.1 Å². The number of hydrogen-bond donors (Lipinski definition) is 1. The molecule has 1 amide bonds. The number of nitrogens with zero attached hydrogens (tertiary/aromatic N) is 1. The van der Waals surface area contributed by atoms with E-state index in [9.17, 15) is 4.79 Å². The number of anilines is 1. The lowest BCUT2D eigenvalue weighted by Gasteiger charge is -2.19. The Bertz CT molecular complexity index is 1270. The van der Waals surface area contributed by atoms with E-state index in [4.69, 9.17) is 20.8 Å². The van der Waals surface area contributed by atoms with Gasteiger partial charge in [0.05, 0.1) is 10.6 Å². The number of rotatable bonds is 5. The van der Waals surface area contributed by atoms with Crippen molar-refractivity contribution < 1.29 is 13.9 Å². The van der Waals surface area contributed by atoms with Crippen LogP contribution in [0.3, 0.4) is 0 Å². The maximum absolute atomic E-state index is 12.4. The van der Waals surface area contributed by atoms with Gasteiger partial charge in [0.15, 0.2) is 12.2 Å². The van der Waals surface area contributed by atoms with Crippen LogP contribution in [0.15, 0.2) is 65.1 Å². The van der Waals surface area contributed by atoms with Gasteiger partial charge < -0.3 is 14.5 Å². The molecule has 0 spiro atoms. The molecule has 4 rings (SSSR count). The van der Waals surface area contributed by atoms with Gasteiger partial charge in [-0.2, -0.15) is 0 Å². The summed E-state index contributed by atoms with van der Waals surface area (Å²) in [5.41, 5.74) is 5.00. The number of halogens is 1. The lowest BCUT2D eigenvalue weighted by molar-refractivity contribution is -0.118. The maximum Gasteiger partial charge on any atom is 0.262 e. The molecule has 0 bridgehead atoms. The third-order valence-corrected chi connectivity index (χ3v) is 5.44. The number of aryl methyl sites for hydroxylation is 1. The summed E-state index contributed by atoms with van der Waals surface area (Å²) in [6, 6.07) is 18.8. The third-order valence-electron chi connectivity index (χ3n) is 5.11. The van der Waals surface area contributed by atoms with Gasteiger partial charge >= 0.3 is 0 Å². The molecule has 1 N–H and O–H groups in total. The Kier molecular flexibility index (Phi) is 5.94. The quantitative estimate of drug-likeness (QED) is 0.365. The smallest absolute Gasteiger partial charge is 0.262 e. The molecule has 0 fully saturated rings. The second-order valence-corrected chi connectivity index (χ2v) is 9.20. The van der Waals surface area contributed by atoms with Crippen LogP contribution < -0.4 is 10.1 Å². The van der Waals surface area contributed by atoms with Crippen LogP contribution in [0, 0.1) is 6.92 Å². The van der Waals surface area contributed by atoms with Gasteiger partial charge in [0.1, 0.15) is 11.3 Å². The van der Waals surface area contributed by atoms with E-state index in [2.05, 4.69) is 31.1 Å². The Morgan fingerprint density at radius 3 is 2.53 bits per heavy atom. The number of benzene rings is 3. The lowest BCUT2D eigenvalue weighted by atomic mass is 9.87. The second kappa shape index (κ2) is 8.67. The average molecular weight is 449 g/mol. The summed E-state index contributed by atoms with van der Waals surface area (Å²) in [5.74, 6) is 0.778. The standard InChI is InChI=1S/C26H25ClN2O3/c1-16-5-12-23-22(13-16)29-25(32-23)20-14-18(8-11-21(20)27)28-24(30)15-31-19-9-6-17(7-10-19)26(2,3)4/h5-14H,15H2,1-4H3,(H,28,30). The minimum atomic E-state index is -0.272. The summed E-state index contributed by atoms with van der Waals surface area (Å²) in [5, 5.41) is 3.32. The van der Waals surface area contributed by atoms with Crippen molar-refractivity contribution in [1.29, 1.82) is 0 Å².